The van der Waals surface area contributed by atoms with Crippen molar-refractivity contribution >= 4 is 33.4 Å². The average molecular weight is 332 g/mol. The molecule has 1 amide bonds. The zero-order chi connectivity index (χ0) is 16.7. The Balaban J connectivity index is 1.98. The Morgan fingerprint density at radius 2 is 2.09 bits per heavy atom. The van der Waals surface area contributed by atoms with Crippen LogP contribution in [0, 0.1) is 19.8 Å². The number of carboxylic acid groups (broad SMARTS) is 1. The molecule has 2 aromatic rings. The molecule has 0 radical (unpaired) electrons. The predicted molar refractivity (Wildman–Crippen MR) is 90.0 cm³/mol. The van der Waals surface area contributed by atoms with E-state index in [1.807, 2.05) is 26.8 Å². The summed E-state index contributed by atoms with van der Waals surface area (Å²) in [5.74, 6) is -1.35. The van der Waals surface area contributed by atoms with Gasteiger partial charge in [-0.3, -0.25) is 9.59 Å². The summed E-state index contributed by atoms with van der Waals surface area (Å²) in [5.41, 5.74) is 2.06. The molecule has 23 heavy (non-hydrogen) atoms. The van der Waals surface area contributed by atoms with E-state index in [9.17, 15) is 14.7 Å². The summed E-state index contributed by atoms with van der Waals surface area (Å²) in [6, 6.07) is 2.01. The third kappa shape index (κ3) is 2.72. The zero-order valence-electron chi connectivity index (χ0n) is 13.5. The molecule has 0 spiro atoms. The van der Waals surface area contributed by atoms with Crippen LogP contribution >= 0.6 is 11.3 Å². The fourth-order valence-electron chi connectivity index (χ4n) is 3.28. The van der Waals surface area contributed by atoms with Crippen molar-refractivity contribution in [3.63, 3.8) is 0 Å². The number of carboxylic acids is 1. The Morgan fingerprint density at radius 3 is 2.74 bits per heavy atom. The molecule has 1 aliphatic heterocycles. The largest absolute Gasteiger partial charge is 0.481 e. The quantitative estimate of drug-likeness (QED) is 0.916. The van der Waals surface area contributed by atoms with Gasteiger partial charge in [0.15, 0.2) is 0 Å². The normalized spacial score (nSPS) is 21.6. The Hall–Kier alpha value is -1.95. The molecule has 1 N–H and O–H groups in total. The molecule has 122 valence electrons. The highest BCUT2D eigenvalue weighted by molar-refractivity contribution is 7.20. The molecular weight excluding hydrogens is 312 g/mol. The van der Waals surface area contributed by atoms with Crippen LogP contribution in [0.15, 0.2) is 12.3 Å². The number of piperidine rings is 1. The van der Waals surface area contributed by atoms with Crippen molar-refractivity contribution in [2.45, 2.75) is 39.7 Å². The van der Waals surface area contributed by atoms with Gasteiger partial charge >= 0.3 is 5.97 Å². The second-order valence-electron chi connectivity index (χ2n) is 6.28. The number of rotatable bonds is 2. The fraction of sp³-hybridized carbons (Fsp3) is 0.471. The summed E-state index contributed by atoms with van der Waals surface area (Å²) in [5, 5.41) is 10.3. The number of fused-ring (bicyclic) bond motifs is 1. The van der Waals surface area contributed by atoms with E-state index < -0.39 is 11.9 Å². The molecule has 0 bridgehead atoms. The smallest absolute Gasteiger partial charge is 0.308 e. The summed E-state index contributed by atoms with van der Waals surface area (Å²) in [7, 11) is 0. The number of amides is 1. The number of aryl methyl sites for hydroxylation is 2. The number of thiophene rings is 1. The van der Waals surface area contributed by atoms with Gasteiger partial charge in [-0.2, -0.15) is 0 Å². The Bertz CT molecular complexity index is 783. The molecule has 0 aromatic carbocycles. The Labute approximate surface area is 138 Å². The van der Waals surface area contributed by atoms with Crippen LogP contribution in [0.25, 0.3) is 10.2 Å². The number of aliphatic carboxylic acids is 1. The molecule has 5 nitrogen and oxygen atoms in total. The van der Waals surface area contributed by atoms with E-state index in [-0.39, 0.29) is 18.5 Å². The summed E-state index contributed by atoms with van der Waals surface area (Å²) in [6.07, 6.45) is 3.11. The van der Waals surface area contributed by atoms with E-state index in [1.54, 1.807) is 11.1 Å². The highest BCUT2D eigenvalue weighted by Gasteiger charge is 2.34. The van der Waals surface area contributed by atoms with Gasteiger partial charge in [0.1, 0.15) is 4.83 Å². The van der Waals surface area contributed by atoms with Crippen LogP contribution in [0.1, 0.15) is 40.6 Å². The van der Waals surface area contributed by atoms with Crippen LogP contribution in [-0.2, 0) is 4.79 Å². The lowest BCUT2D eigenvalue weighted by atomic mass is 9.93. The van der Waals surface area contributed by atoms with Crippen molar-refractivity contribution in [2.24, 2.45) is 5.92 Å². The highest BCUT2D eigenvalue weighted by Crippen LogP contribution is 2.34. The van der Waals surface area contributed by atoms with E-state index in [0.29, 0.717) is 11.3 Å². The van der Waals surface area contributed by atoms with Gasteiger partial charge in [0.05, 0.1) is 10.8 Å². The SMILES string of the molecule is Cc1ccnc2sc(C(=O)N3CC(C(=O)O)CCC3C)c(C)c12. The molecule has 2 aromatic heterocycles. The minimum atomic E-state index is -0.819. The fourth-order valence-corrected chi connectivity index (χ4v) is 4.46. The first-order valence-corrected chi connectivity index (χ1v) is 8.60. The van der Waals surface area contributed by atoms with Crippen LogP contribution in [0.2, 0.25) is 0 Å². The van der Waals surface area contributed by atoms with E-state index in [4.69, 9.17) is 0 Å². The molecule has 3 heterocycles. The maximum atomic E-state index is 13.0. The second-order valence-corrected chi connectivity index (χ2v) is 7.28. The Morgan fingerprint density at radius 1 is 1.35 bits per heavy atom. The number of likely N-dealkylation sites (tertiary alicyclic amines) is 1. The van der Waals surface area contributed by atoms with Gasteiger partial charge in [0.2, 0.25) is 0 Å². The zero-order valence-corrected chi connectivity index (χ0v) is 14.3. The summed E-state index contributed by atoms with van der Waals surface area (Å²) in [4.78, 5) is 31.9. The maximum absolute atomic E-state index is 13.0. The molecule has 1 fully saturated rings. The first-order chi connectivity index (χ1) is 10.9. The topological polar surface area (TPSA) is 70.5 Å². The lowest BCUT2D eigenvalue weighted by Gasteiger charge is -2.36. The van der Waals surface area contributed by atoms with Crippen LogP contribution in [0.3, 0.4) is 0 Å². The van der Waals surface area contributed by atoms with Crippen molar-refractivity contribution in [1.29, 1.82) is 0 Å². The predicted octanol–water partition coefficient (Wildman–Crippen LogP) is 3.24. The van der Waals surface area contributed by atoms with Crippen molar-refractivity contribution in [3.05, 3.63) is 28.3 Å². The van der Waals surface area contributed by atoms with Gasteiger partial charge < -0.3 is 10.0 Å². The monoisotopic (exact) mass is 332 g/mol. The van der Waals surface area contributed by atoms with Crippen molar-refractivity contribution < 1.29 is 14.7 Å². The number of hydrogen-bond donors (Lipinski definition) is 1. The van der Waals surface area contributed by atoms with Gasteiger partial charge in [-0.25, -0.2) is 4.98 Å². The van der Waals surface area contributed by atoms with Gasteiger partial charge in [-0.05, 0) is 50.8 Å². The highest BCUT2D eigenvalue weighted by atomic mass is 32.1. The number of pyridine rings is 1. The third-order valence-electron chi connectivity index (χ3n) is 4.73. The molecule has 6 heteroatoms. The molecule has 2 atom stereocenters. The van der Waals surface area contributed by atoms with Crippen LogP contribution < -0.4 is 0 Å². The number of carbonyl (C=O) groups is 2. The number of carbonyl (C=O) groups excluding carboxylic acids is 1. The van der Waals surface area contributed by atoms with E-state index >= 15 is 0 Å². The minimum Gasteiger partial charge on any atom is -0.481 e. The summed E-state index contributed by atoms with van der Waals surface area (Å²) in [6.45, 7) is 6.24. The van der Waals surface area contributed by atoms with Crippen molar-refractivity contribution in [1.82, 2.24) is 9.88 Å². The van der Waals surface area contributed by atoms with Crippen LogP contribution in [0.5, 0.6) is 0 Å². The average Bonchev–Trinajstić information content (AvgIpc) is 2.85. The first kappa shape index (κ1) is 15.9. The van der Waals surface area contributed by atoms with Crippen LogP contribution in [0.4, 0.5) is 0 Å². The lowest BCUT2D eigenvalue weighted by Crippen LogP contribution is -2.47. The van der Waals surface area contributed by atoms with Gasteiger partial charge in [-0.15, -0.1) is 11.3 Å². The van der Waals surface area contributed by atoms with Gasteiger partial charge in [-0.1, -0.05) is 0 Å². The van der Waals surface area contributed by atoms with Gasteiger partial charge in [0.25, 0.3) is 5.91 Å². The van der Waals surface area contributed by atoms with E-state index in [2.05, 4.69) is 4.98 Å². The van der Waals surface area contributed by atoms with Crippen molar-refractivity contribution in [2.75, 3.05) is 6.54 Å². The maximum Gasteiger partial charge on any atom is 0.308 e. The van der Waals surface area contributed by atoms with Crippen LogP contribution in [-0.4, -0.2) is 39.5 Å². The van der Waals surface area contributed by atoms with Gasteiger partial charge in [0, 0.05) is 24.2 Å². The van der Waals surface area contributed by atoms with E-state index in [1.165, 1.54) is 11.3 Å². The second kappa shape index (κ2) is 5.92. The molecular formula is C17H20N2O3S. The summed E-state index contributed by atoms with van der Waals surface area (Å²) >= 11 is 1.40. The molecule has 0 aliphatic carbocycles. The standard InChI is InChI=1S/C17H20N2O3S/c1-9-6-7-18-15-13(9)11(3)14(23-15)16(20)19-8-12(17(21)22)5-4-10(19)2/h6-7,10,12H,4-5,8H2,1-3H3,(H,21,22). The summed E-state index contributed by atoms with van der Waals surface area (Å²) < 4.78 is 0. The lowest BCUT2D eigenvalue weighted by molar-refractivity contribution is -0.143. The first-order valence-electron chi connectivity index (χ1n) is 7.78. The van der Waals surface area contributed by atoms with E-state index in [0.717, 1.165) is 27.8 Å². The molecule has 2 unspecified atom stereocenters. The Kier molecular flexibility index (Phi) is 4.10. The molecule has 0 saturated carbocycles. The number of nitrogens with zero attached hydrogens (tertiary/aromatic N) is 2. The molecule has 3 rings (SSSR count). The number of hydrogen-bond acceptors (Lipinski definition) is 4. The van der Waals surface area contributed by atoms with Crippen molar-refractivity contribution in [3.8, 4) is 0 Å². The molecule has 1 saturated heterocycles. The molecule has 1 aliphatic rings. The third-order valence-corrected chi connectivity index (χ3v) is 5.91. The minimum absolute atomic E-state index is 0.0663. The number of aromatic nitrogens is 1.